The third-order valence-electron chi connectivity index (χ3n) is 4.66. The molecule has 0 atom stereocenters. The van der Waals surface area contributed by atoms with Crippen LogP contribution in [0.3, 0.4) is 0 Å². The highest BCUT2D eigenvalue weighted by molar-refractivity contribution is 5.85. The number of aliphatic hydroxyl groups excluding tert-OH is 2. The largest absolute Gasteiger partial charge is 0.492 e. The lowest BCUT2D eigenvalue weighted by atomic mass is 9.93. The van der Waals surface area contributed by atoms with Crippen LogP contribution in [0.1, 0.15) is 35.1 Å². The number of nitrogens with zero attached hydrogens (tertiary/aromatic N) is 1. The van der Waals surface area contributed by atoms with Crippen molar-refractivity contribution >= 4 is 12.4 Å². The van der Waals surface area contributed by atoms with Gasteiger partial charge in [0.1, 0.15) is 11.8 Å². The van der Waals surface area contributed by atoms with Gasteiger partial charge in [-0.2, -0.15) is 5.26 Å². The quantitative estimate of drug-likeness (QED) is 0.529. The lowest BCUT2D eigenvalue weighted by Gasteiger charge is -2.24. The predicted octanol–water partition coefficient (Wildman–Crippen LogP) is 2.91. The fourth-order valence-corrected chi connectivity index (χ4v) is 2.87. The molecular weight excluding hydrogens is 376 g/mol. The van der Waals surface area contributed by atoms with Gasteiger partial charge in [-0.1, -0.05) is 35.9 Å². The van der Waals surface area contributed by atoms with Gasteiger partial charge in [-0.05, 0) is 55.9 Å². The molecule has 0 saturated heterocycles. The Bertz CT molecular complexity index is 786. The summed E-state index contributed by atoms with van der Waals surface area (Å²) in [5.74, 6) is 0.578. The molecule has 0 aliphatic carbocycles. The Labute approximate surface area is 173 Å². The molecule has 2 aromatic rings. The summed E-state index contributed by atoms with van der Waals surface area (Å²) in [6.07, 6.45) is 2.81. The molecule has 28 heavy (non-hydrogen) atoms. The number of rotatable bonds is 10. The Kier molecular flexibility index (Phi) is 9.98. The zero-order chi connectivity index (χ0) is 19.7. The van der Waals surface area contributed by atoms with Crippen molar-refractivity contribution in [1.29, 1.82) is 5.26 Å². The number of halogens is 1. The summed E-state index contributed by atoms with van der Waals surface area (Å²) in [4.78, 5) is 0. The normalized spacial score (nSPS) is 10.8. The second kappa shape index (κ2) is 11.7. The maximum atomic E-state index is 9.39. The number of nitrogens with two attached hydrogens (primary N) is 1. The highest BCUT2D eigenvalue weighted by atomic mass is 35.5. The lowest BCUT2D eigenvalue weighted by Crippen LogP contribution is -2.47. The van der Waals surface area contributed by atoms with Crippen LogP contribution in [0.15, 0.2) is 42.5 Å². The number of ether oxygens (including phenoxy) is 1. The van der Waals surface area contributed by atoms with Crippen LogP contribution in [0.5, 0.6) is 5.75 Å². The third-order valence-corrected chi connectivity index (χ3v) is 4.66. The Morgan fingerprint density at radius 3 is 2.43 bits per heavy atom. The average molecular weight is 405 g/mol. The molecule has 0 radical (unpaired) electrons. The number of benzene rings is 2. The van der Waals surface area contributed by atoms with Crippen LogP contribution in [-0.2, 0) is 12.8 Å². The summed E-state index contributed by atoms with van der Waals surface area (Å²) < 4.78 is 5.80. The molecule has 4 N–H and O–H groups in total. The summed E-state index contributed by atoms with van der Waals surface area (Å²) in [6, 6.07) is 16.1. The van der Waals surface area contributed by atoms with Crippen molar-refractivity contribution < 1.29 is 14.9 Å². The van der Waals surface area contributed by atoms with Crippen molar-refractivity contribution in [3.8, 4) is 11.8 Å². The Hall–Kier alpha value is -2.10. The van der Waals surface area contributed by atoms with Gasteiger partial charge in [-0.25, -0.2) is 0 Å². The van der Waals surface area contributed by atoms with Gasteiger partial charge in [-0.3, -0.25) is 0 Å². The molecule has 5 nitrogen and oxygen atoms in total. The molecule has 0 saturated carbocycles. The number of aryl methyl sites for hydroxylation is 3. The van der Waals surface area contributed by atoms with Gasteiger partial charge >= 0.3 is 0 Å². The molecular formula is C22H29ClN2O3. The fourth-order valence-electron chi connectivity index (χ4n) is 2.87. The van der Waals surface area contributed by atoms with Gasteiger partial charge in [0.25, 0.3) is 0 Å². The maximum Gasteiger partial charge on any atom is 0.137 e. The van der Waals surface area contributed by atoms with Gasteiger partial charge in [-0.15, -0.1) is 12.4 Å². The summed E-state index contributed by atoms with van der Waals surface area (Å²) in [5, 5.41) is 27.9. The Balaban J connectivity index is 0.00000392. The van der Waals surface area contributed by atoms with E-state index in [4.69, 9.17) is 10.5 Å². The van der Waals surface area contributed by atoms with E-state index in [0.717, 1.165) is 18.4 Å². The molecule has 152 valence electrons. The topological polar surface area (TPSA) is 99.5 Å². The number of hydrogen-bond acceptors (Lipinski definition) is 5. The van der Waals surface area contributed by atoms with Gasteiger partial charge in [0.15, 0.2) is 0 Å². The average Bonchev–Trinajstić information content (AvgIpc) is 2.70. The fraction of sp³-hybridized carbons (Fsp3) is 0.409. The van der Waals surface area contributed by atoms with Crippen molar-refractivity contribution in [3.05, 3.63) is 64.7 Å². The summed E-state index contributed by atoms with van der Waals surface area (Å²) in [7, 11) is 0. The van der Waals surface area contributed by atoms with Crippen LogP contribution in [-0.4, -0.2) is 35.6 Å². The summed E-state index contributed by atoms with van der Waals surface area (Å²) >= 11 is 0. The van der Waals surface area contributed by atoms with E-state index in [1.165, 1.54) is 11.1 Å². The van der Waals surface area contributed by atoms with E-state index in [1.807, 2.05) is 6.07 Å². The molecule has 0 amide bonds. The molecule has 2 aromatic carbocycles. The molecule has 2 rings (SSSR count). The minimum atomic E-state index is -1.00. The molecule has 0 spiro atoms. The van der Waals surface area contributed by atoms with Gasteiger partial charge in [0.05, 0.1) is 30.9 Å². The summed E-state index contributed by atoms with van der Waals surface area (Å²) in [5.41, 5.74) is 8.84. The van der Waals surface area contributed by atoms with Gasteiger partial charge < -0.3 is 20.7 Å². The van der Waals surface area contributed by atoms with E-state index in [0.29, 0.717) is 30.8 Å². The molecule has 6 heteroatoms. The van der Waals surface area contributed by atoms with Gasteiger partial charge in [0, 0.05) is 0 Å². The second-order valence-corrected chi connectivity index (χ2v) is 7.06. The van der Waals surface area contributed by atoms with Crippen molar-refractivity contribution in [2.75, 3.05) is 19.8 Å². The molecule has 0 unspecified atom stereocenters. The number of nitriles is 1. The van der Waals surface area contributed by atoms with Gasteiger partial charge in [0.2, 0.25) is 0 Å². The minimum absolute atomic E-state index is 0. The van der Waals surface area contributed by atoms with E-state index >= 15 is 0 Å². The zero-order valence-electron chi connectivity index (χ0n) is 16.2. The van der Waals surface area contributed by atoms with Crippen molar-refractivity contribution in [1.82, 2.24) is 0 Å². The van der Waals surface area contributed by atoms with E-state index in [9.17, 15) is 15.5 Å². The van der Waals surface area contributed by atoms with E-state index in [-0.39, 0.29) is 25.6 Å². The first kappa shape index (κ1) is 23.9. The van der Waals surface area contributed by atoms with Crippen LogP contribution in [0, 0.1) is 18.3 Å². The molecule has 0 heterocycles. The highest BCUT2D eigenvalue weighted by Crippen LogP contribution is 2.22. The third kappa shape index (κ3) is 7.14. The first-order valence-electron chi connectivity index (χ1n) is 9.21. The first-order chi connectivity index (χ1) is 13.0. The first-order valence-corrected chi connectivity index (χ1v) is 9.21. The van der Waals surface area contributed by atoms with Crippen molar-refractivity contribution in [3.63, 3.8) is 0 Å². The van der Waals surface area contributed by atoms with Crippen LogP contribution in [0.25, 0.3) is 0 Å². The van der Waals surface area contributed by atoms with Crippen molar-refractivity contribution in [2.45, 2.75) is 38.1 Å². The summed E-state index contributed by atoms with van der Waals surface area (Å²) in [6.45, 7) is 2.06. The molecule has 0 bridgehead atoms. The van der Waals surface area contributed by atoms with Crippen LogP contribution >= 0.6 is 12.4 Å². The smallest absolute Gasteiger partial charge is 0.137 e. The lowest BCUT2D eigenvalue weighted by molar-refractivity contribution is 0.115. The molecule has 0 aliphatic rings. The van der Waals surface area contributed by atoms with Crippen LogP contribution in [0.4, 0.5) is 0 Å². The van der Waals surface area contributed by atoms with Crippen molar-refractivity contribution in [2.24, 2.45) is 5.73 Å². The second-order valence-electron chi connectivity index (χ2n) is 7.06. The standard InChI is InChI=1S/C22H28N2O3.ClH/c1-17-4-2-5-18(12-17)6-3-11-27-21-8-7-19(13-20(21)14-23)9-10-22(24,15-25)16-26;/h2,4-5,7-8,12-13,25-26H,3,6,9-11,15-16,24H2,1H3;1H. The monoisotopic (exact) mass is 404 g/mol. The number of aliphatic hydroxyl groups is 2. The van der Waals surface area contributed by atoms with Crippen LogP contribution in [0.2, 0.25) is 0 Å². The Morgan fingerprint density at radius 2 is 1.79 bits per heavy atom. The maximum absolute atomic E-state index is 9.39. The van der Waals surface area contributed by atoms with E-state index < -0.39 is 5.54 Å². The predicted molar refractivity (Wildman–Crippen MR) is 113 cm³/mol. The van der Waals surface area contributed by atoms with E-state index in [2.05, 4.69) is 37.3 Å². The zero-order valence-corrected chi connectivity index (χ0v) is 17.0. The molecule has 0 aromatic heterocycles. The molecule has 0 fully saturated rings. The SMILES string of the molecule is Cc1cccc(CCCOc2ccc(CCC(N)(CO)CO)cc2C#N)c1.Cl. The molecule has 0 aliphatic heterocycles. The van der Waals surface area contributed by atoms with E-state index in [1.54, 1.807) is 12.1 Å². The minimum Gasteiger partial charge on any atom is -0.492 e. The Morgan fingerprint density at radius 1 is 1.07 bits per heavy atom. The number of hydrogen-bond donors (Lipinski definition) is 3. The highest BCUT2D eigenvalue weighted by Gasteiger charge is 2.22. The van der Waals surface area contributed by atoms with Crippen LogP contribution < -0.4 is 10.5 Å².